The molecule has 0 aliphatic heterocycles. The molecule has 3 aromatic carbocycles. The van der Waals surface area contributed by atoms with E-state index < -0.39 is 5.82 Å². The molecule has 0 saturated heterocycles. The van der Waals surface area contributed by atoms with Gasteiger partial charge in [0.2, 0.25) is 17.7 Å². The van der Waals surface area contributed by atoms with Gasteiger partial charge in [0.05, 0.1) is 5.52 Å². The number of nitrogens with zero attached hydrogens (tertiary/aromatic N) is 3. The number of nitrogen functional groups attached to an aromatic ring is 1. The lowest BCUT2D eigenvalue weighted by atomic mass is 9.95. The highest BCUT2D eigenvalue weighted by atomic mass is 19.1. The van der Waals surface area contributed by atoms with Gasteiger partial charge in [0.15, 0.2) is 11.6 Å². The third-order valence-electron chi connectivity index (χ3n) is 5.45. The number of fused-ring (bicyclic) bond motifs is 1. The van der Waals surface area contributed by atoms with Crippen LogP contribution >= 0.6 is 0 Å². The Morgan fingerprint density at radius 2 is 1.86 bits per heavy atom. The molecule has 0 bridgehead atoms. The van der Waals surface area contributed by atoms with E-state index >= 15 is 0 Å². The number of hydrogen-bond acceptors (Lipinski definition) is 6. The Kier molecular flexibility index (Phi) is 6.07. The van der Waals surface area contributed by atoms with Crippen LogP contribution in [0.5, 0.6) is 11.6 Å². The number of nitrogens with one attached hydrogen (secondary N) is 1. The minimum absolute atomic E-state index is 0.0697. The molecule has 0 aliphatic carbocycles. The molecule has 36 heavy (non-hydrogen) atoms. The molecule has 0 spiro atoms. The van der Waals surface area contributed by atoms with E-state index in [0.717, 1.165) is 22.1 Å². The molecule has 0 fully saturated rings. The van der Waals surface area contributed by atoms with Gasteiger partial charge in [0.25, 0.3) is 0 Å². The number of carbonyl (C=O) groups is 1. The molecule has 0 saturated carbocycles. The Labute approximate surface area is 206 Å². The van der Waals surface area contributed by atoms with Gasteiger partial charge in [-0.25, -0.2) is 19.3 Å². The second kappa shape index (κ2) is 9.63. The molecule has 176 valence electrons. The molecule has 1 amide bonds. The number of hydrogen-bond donors (Lipinski definition) is 2. The highest BCUT2D eigenvalue weighted by Crippen LogP contribution is 2.36. The summed E-state index contributed by atoms with van der Waals surface area (Å²) in [6.45, 7) is 3.48. The molecule has 0 radical (unpaired) electrons. The smallest absolute Gasteiger partial charge is 0.247 e. The number of aromatic nitrogens is 3. The van der Waals surface area contributed by atoms with Crippen molar-refractivity contribution < 1.29 is 13.9 Å². The molecule has 0 unspecified atom stereocenters. The lowest BCUT2D eigenvalue weighted by Gasteiger charge is -2.13. The molecule has 8 heteroatoms. The third-order valence-corrected chi connectivity index (χ3v) is 5.45. The van der Waals surface area contributed by atoms with Crippen molar-refractivity contribution >= 4 is 28.4 Å². The van der Waals surface area contributed by atoms with Crippen LogP contribution in [-0.2, 0) is 4.79 Å². The number of halogens is 1. The van der Waals surface area contributed by atoms with E-state index in [2.05, 4.69) is 26.8 Å². The van der Waals surface area contributed by atoms with E-state index in [1.54, 1.807) is 48.8 Å². The molecule has 2 heterocycles. The van der Waals surface area contributed by atoms with E-state index in [-0.39, 0.29) is 17.6 Å². The fourth-order valence-electron chi connectivity index (χ4n) is 3.79. The highest BCUT2D eigenvalue weighted by Gasteiger charge is 2.14. The van der Waals surface area contributed by atoms with Crippen LogP contribution in [-0.4, -0.2) is 20.9 Å². The van der Waals surface area contributed by atoms with Crippen LogP contribution in [0.2, 0.25) is 0 Å². The molecular formula is C28H20FN5O2. The summed E-state index contributed by atoms with van der Waals surface area (Å²) in [5.41, 5.74) is 10.0. The molecule has 2 aromatic heterocycles. The van der Waals surface area contributed by atoms with Crippen molar-refractivity contribution in [3.05, 3.63) is 104 Å². The van der Waals surface area contributed by atoms with Gasteiger partial charge in [-0.15, -0.1) is 0 Å². The van der Waals surface area contributed by atoms with Crippen LogP contribution in [0.3, 0.4) is 0 Å². The largest absolute Gasteiger partial charge is 0.436 e. The fraction of sp³-hybridized carbons (Fsp3) is 0. The van der Waals surface area contributed by atoms with E-state index in [4.69, 9.17) is 10.5 Å². The summed E-state index contributed by atoms with van der Waals surface area (Å²) in [4.78, 5) is 24.4. The minimum atomic E-state index is -0.525. The van der Waals surface area contributed by atoms with Gasteiger partial charge in [-0.05, 0) is 65.2 Å². The number of benzene rings is 3. The number of ether oxygens (including phenoxy) is 1. The molecule has 5 aromatic rings. The first kappa shape index (κ1) is 22.7. The predicted molar refractivity (Wildman–Crippen MR) is 138 cm³/mol. The average molecular weight is 477 g/mol. The molecule has 3 N–H and O–H groups in total. The quantitative estimate of drug-likeness (QED) is 0.291. The summed E-state index contributed by atoms with van der Waals surface area (Å²) in [6.07, 6.45) is 4.40. The zero-order valence-electron chi connectivity index (χ0n) is 19.0. The topological polar surface area (TPSA) is 103 Å². The first-order chi connectivity index (χ1) is 17.5. The Morgan fingerprint density at radius 1 is 0.972 bits per heavy atom. The van der Waals surface area contributed by atoms with Crippen molar-refractivity contribution in [1.82, 2.24) is 15.0 Å². The number of pyridine rings is 1. The van der Waals surface area contributed by atoms with Crippen LogP contribution in [0.1, 0.15) is 0 Å². The maximum Gasteiger partial charge on any atom is 0.247 e. The van der Waals surface area contributed by atoms with E-state index in [9.17, 15) is 9.18 Å². The van der Waals surface area contributed by atoms with Gasteiger partial charge < -0.3 is 15.8 Å². The number of carbonyl (C=O) groups excluding carboxylic acids is 1. The number of anilines is 2. The van der Waals surface area contributed by atoms with Crippen molar-refractivity contribution in [2.45, 2.75) is 0 Å². The van der Waals surface area contributed by atoms with Crippen molar-refractivity contribution in [3.63, 3.8) is 0 Å². The zero-order valence-corrected chi connectivity index (χ0v) is 19.0. The first-order valence-electron chi connectivity index (χ1n) is 11.0. The maximum absolute atomic E-state index is 15.0. The van der Waals surface area contributed by atoms with Crippen LogP contribution < -0.4 is 15.8 Å². The number of rotatable bonds is 6. The predicted octanol–water partition coefficient (Wildman–Crippen LogP) is 6.00. The average Bonchev–Trinajstić information content (AvgIpc) is 2.90. The lowest BCUT2D eigenvalue weighted by Crippen LogP contribution is -2.07. The second-order valence-corrected chi connectivity index (χ2v) is 7.88. The van der Waals surface area contributed by atoms with Crippen molar-refractivity contribution in [2.75, 3.05) is 11.1 Å². The van der Waals surface area contributed by atoms with E-state index in [1.807, 2.05) is 30.3 Å². The van der Waals surface area contributed by atoms with Crippen molar-refractivity contribution in [1.29, 1.82) is 0 Å². The Morgan fingerprint density at radius 3 is 2.64 bits per heavy atom. The summed E-state index contributed by atoms with van der Waals surface area (Å²) in [5.74, 6) is -0.339. The van der Waals surface area contributed by atoms with Gasteiger partial charge in [-0.3, -0.25) is 4.79 Å². The van der Waals surface area contributed by atoms with Crippen molar-refractivity contribution in [2.24, 2.45) is 0 Å². The Bertz CT molecular complexity index is 1610. The van der Waals surface area contributed by atoms with Crippen LogP contribution in [0.25, 0.3) is 33.2 Å². The summed E-state index contributed by atoms with van der Waals surface area (Å²) in [5, 5.41) is 3.49. The van der Waals surface area contributed by atoms with E-state index in [0.29, 0.717) is 22.6 Å². The summed E-state index contributed by atoms with van der Waals surface area (Å²) < 4.78 is 20.5. The Balaban J connectivity index is 1.59. The molecular weight excluding hydrogens is 457 g/mol. The van der Waals surface area contributed by atoms with Gasteiger partial charge >= 0.3 is 0 Å². The van der Waals surface area contributed by atoms with Crippen LogP contribution in [0, 0.1) is 5.82 Å². The molecule has 7 nitrogen and oxygen atoms in total. The SMILES string of the molecule is C=CC(=O)Nc1cccc(-c2cc(-c3ccc(Oc4ccccn4)c(F)c3)cc3cnc(N)nc23)c1. The molecule has 5 rings (SSSR count). The summed E-state index contributed by atoms with van der Waals surface area (Å²) >= 11 is 0. The lowest BCUT2D eigenvalue weighted by molar-refractivity contribution is -0.111. The summed E-state index contributed by atoms with van der Waals surface area (Å²) in [7, 11) is 0. The number of amides is 1. The van der Waals surface area contributed by atoms with Crippen LogP contribution in [0.4, 0.5) is 16.0 Å². The monoisotopic (exact) mass is 477 g/mol. The van der Waals surface area contributed by atoms with Crippen molar-refractivity contribution in [3.8, 4) is 33.9 Å². The van der Waals surface area contributed by atoms with Crippen LogP contribution in [0.15, 0.2) is 97.8 Å². The zero-order chi connectivity index (χ0) is 25.1. The minimum Gasteiger partial charge on any atom is -0.436 e. The normalized spacial score (nSPS) is 10.7. The van der Waals surface area contributed by atoms with Gasteiger partial charge in [0.1, 0.15) is 0 Å². The Hall–Kier alpha value is -5.11. The highest BCUT2D eigenvalue weighted by molar-refractivity contribution is 6.01. The standard InChI is InChI=1S/C28H20FN5O2/c1-2-25(35)33-21-7-5-6-18(13-21)22-14-19(12-20-16-32-28(30)34-27(20)22)17-9-10-24(23(29)15-17)36-26-8-3-4-11-31-26/h2-16H,1H2,(H,33,35)(H2,30,32,34). The molecule has 0 atom stereocenters. The van der Waals surface area contributed by atoms with Gasteiger partial charge in [-0.1, -0.05) is 30.8 Å². The first-order valence-corrected chi connectivity index (χ1v) is 11.0. The second-order valence-electron chi connectivity index (χ2n) is 7.88. The fourth-order valence-corrected chi connectivity index (χ4v) is 3.79. The number of nitrogens with two attached hydrogens (primary N) is 1. The summed E-state index contributed by atoms with van der Waals surface area (Å²) in [6, 6.07) is 21.0. The van der Waals surface area contributed by atoms with E-state index in [1.165, 1.54) is 12.1 Å². The third kappa shape index (κ3) is 4.74. The van der Waals surface area contributed by atoms with Gasteiger partial charge in [-0.2, -0.15) is 0 Å². The van der Waals surface area contributed by atoms with Gasteiger partial charge in [0, 0.05) is 35.1 Å². The molecule has 0 aliphatic rings. The maximum atomic E-state index is 15.0.